The molecule has 0 aliphatic carbocycles. The van der Waals surface area contributed by atoms with Crippen LogP contribution in [-0.2, 0) is 19.2 Å². The maximum atomic E-state index is 11.1. The number of hydrogen-bond donors (Lipinski definition) is 1. The lowest BCUT2D eigenvalue weighted by molar-refractivity contribution is -0.145. The smallest absolute Gasteiger partial charge is 0.331 e. The molecule has 1 unspecified atom stereocenters. The van der Waals surface area contributed by atoms with E-state index in [1.165, 1.54) is 0 Å². The number of aliphatic carboxylic acids is 1. The lowest BCUT2D eigenvalue weighted by Gasteiger charge is -2.11. The molecule has 0 rings (SSSR count). The van der Waals surface area contributed by atoms with Crippen molar-refractivity contribution in [3.05, 3.63) is 12.2 Å². The van der Waals surface area contributed by atoms with E-state index in [4.69, 9.17) is 14.7 Å². The fourth-order valence-corrected chi connectivity index (χ4v) is 0.760. The molecule has 1 N–H and O–H groups in total. The van der Waals surface area contributed by atoms with Crippen molar-refractivity contribution in [3.63, 3.8) is 0 Å². The van der Waals surface area contributed by atoms with Crippen LogP contribution < -0.4 is 0 Å². The molecule has 18 heavy (non-hydrogen) atoms. The van der Waals surface area contributed by atoms with E-state index >= 15 is 0 Å². The van der Waals surface area contributed by atoms with E-state index in [0.29, 0.717) is 5.92 Å². The van der Waals surface area contributed by atoms with E-state index in [1.54, 1.807) is 6.92 Å². The molecule has 0 saturated carbocycles. The molecular formula is C12H19NO5. The summed E-state index contributed by atoms with van der Waals surface area (Å²) in [4.78, 5) is 26.3. The van der Waals surface area contributed by atoms with E-state index in [-0.39, 0.29) is 6.61 Å². The van der Waals surface area contributed by atoms with Crippen LogP contribution in [0.15, 0.2) is 17.3 Å². The Bertz CT molecular complexity index is 346. The van der Waals surface area contributed by atoms with Crippen LogP contribution >= 0.6 is 0 Å². The molecular weight excluding hydrogens is 238 g/mol. The van der Waals surface area contributed by atoms with Gasteiger partial charge in [0.05, 0.1) is 5.71 Å². The Kier molecular flexibility index (Phi) is 7.42. The van der Waals surface area contributed by atoms with Gasteiger partial charge in [-0.1, -0.05) is 19.0 Å². The van der Waals surface area contributed by atoms with Gasteiger partial charge in [0.2, 0.25) is 0 Å². The molecule has 102 valence electrons. The van der Waals surface area contributed by atoms with Crippen molar-refractivity contribution in [3.8, 4) is 0 Å². The predicted octanol–water partition coefficient (Wildman–Crippen LogP) is 1.61. The highest BCUT2D eigenvalue weighted by Crippen LogP contribution is 1.99. The van der Waals surface area contributed by atoms with E-state index in [9.17, 15) is 9.59 Å². The number of ether oxygens (including phenoxy) is 1. The minimum absolute atomic E-state index is 0.122. The van der Waals surface area contributed by atoms with E-state index in [0.717, 1.165) is 17.9 Å². The summed E-state index contributed by atoms with van der Waals surface area (Å²) in [5, 5.41) is 12.2. The molecule has 0 aliphatic heterocycles. The lowest BCUT2D eigenvalue weighted by atomic mass is 10.1. The third kappa shape index (κ3) is 8.32. The monoisotopic (exact) mass is 257 g/mol. The Morgan fingerprint density at radius 3 is 2.39 bits per heavy atom. The zero-order chi connectivity index (χ0) is 14.1. The highest BCUT2D eigenvalue weighted by molar-refractivity contribution is 5.90. The van der Waals surface area contributed by atoms with Gasteiger partial charge in [0.1, 0.15) is 6.10 Å². The summed E-state index contributed by atoms with van der Waals surface area (Å²) < 4.78 is 4.86. The summed E-state index contributed by atoms with van der Waals surface area (Å²) in [5.41, 5.74) is 0.847. The first-order valence-electron chi connectivity index (χ1n) is 5.61. The van der Waals surface area contributed by atoms with Crippen molar-refractivity contribution < 1.29 is 24.3 Å². The van der Waals surface area contributed by atoms with E-state index in [2.05, 4.69) is 5.16 Å². The quantitative estimate of drug-likeness (QED) is 0.324. The van der Waals surface area contributed by atoms with Crippen LogP contribution in [0.1, 0.15) is 27.7 Å². The van der Waals surface area contributed by atoms with Crippen LogP contribution in [0.4, 0.5) is 0 Å². The first kappa shape index (κ1) is 16.1. The summed E-state index contributed by atoms with van der Waals surface area (Å²) in [7, 11) is 0. The Morgan fingerprint density at radius 1 is 1.28 bits per heavy atom. The highest BCUT2D eigenvalue weighted by atomic mass is 16.6. The van der Waals surface area contributed by atoms with Crippen molar-refractivity contribution in [1.82, 2.24) is 0 Å². The maximum Gasteiger partial charge on any atom is 0.331 e. The van der Waals surface area contributed by atoms with Gasteiger partial charge in [0.15, 0.2) is 6.61 Å². The molecule has 0 aliphatic rings. The SMILES string of the molecule is C/C(=N\OCC(C)OC(=O)/C=C\C(=O)O)C(C)C. The second-order valence-electron chi connectivity index (χ2n) is 4.10. The second kappa shape index (κ2) is 8.27. The summed E-state index contributed by atoms with van der Waals surface area (Å²) in [6.07, 6.45) is 1.07. The van der Waals surface area contributed by atoms with Crippen LogP contribution in [0.25, 0.3) is 0 Å². The van der Waals surface area contributed by atoms with Crippen LogP contribution in [0.2, 0.25) is 0 Å². The van der Waals surface area contributed by atoms with Gasteiger partial charge in [0.25, 0.3) is 0 Å². The summed E-state index contributed by atoms with van der Waals surface area (Å²) >= 11 is 0. The Labute approximate surface area is 106 Å². The van der Waals surface area contributed by atoms with Gasteiger partial charge in [-0.3, -0.25) is 0 Å². The number of oxime groups is 1. The maximum absolute atomic E-state index is 11.1. The third-order valence-electron chi connectivity index (χ3n) is 2.03. The molecule has 0 aromatic carbocycles. The van der Waals surface area contributed by atoms with Gasteiger partial charge in [-0.25, -0.2) is 9.59 Å². The Hall–Kier alpha value is -1.85. The first-order chi connectivity index (χ1) is 8.32. The van der Waals surface area contributed by atoms with Crippen LogP contribution in [0.5, 0.6) is 0 Å². The molecule has 0 fully saturated rings. The predicted molar refractivity (Wildman–Crippen MR) is 66.2 cm³/mol. The van der Waals surface area contributed by atoms with Gasteiger partial charge >= 0.3 is 11.9 Å². The van der Waals surface area contributed by atoms with Crippen molar-refractivity contribution in [2.45, 2.75) is 33.8 Å². The minimum atomic E-state index is -1.20. The van der Waals surface area contributed by atoms with Gasteiger partial charge in [-0.2, -0.15) is 0 Å². The minimum Gasteiger partial charge on any atom is -0.478 e. The van der Waals surface area contributed by atoms with Crippen molar-refractivity contribution in [2.24, 2.45) is 11.1 Å². The van der Waals surface area contributed by atoms with E-state index < -0.39 is 18.0 Å². The largest absolute Gasteiger partial charge is 0.478 e. The van der Waals surface area contributed by atoms with E-state index in [1.807, 2.05) is 20.8 Å². The Morgan fingerprint density at radius 2 is 1.89 bits per heavy atom. The molecule has 0 heterocycles. The zero-order valence-corrected chi connectivity index (χ0v) is 11.0. The van der Waals surface area contributed by atoms with Crippen LogP contribution in [0, 0.1) is 5.92 Å². The topological polar surface area (TPSA) is 85.2 Å². The number of carboxylic acids is 1. The number of rotatable bonds is 7. The second-order valence-corrected chi connectivity index (χ2v) is 4.10. The molecule has 1 atom stereocenters. The van der Waals surface area contributed by atoms with Crippen LogP contribution in [0.3, 0.4) is 0 Å². The normalized spacial score (nSPS) is 13.7. The molecule has 0 spiro atoms. The number of carbonyl (C=O) groups is 2. The summed E-state index contributed by atoms with van der Waals surface area (Å²) in [5.74, 6) is -1.63. The van der Waals surface area contributed by atoms with Gasteiger partial charge in [-0.15, -0.1) is 0 Å². The number of carbonyl (C=O) groups excluding carboxylic acids is 1. The molecule has 0 saturated heterocycles. The molecule has 0 bridgehead atoms. The zero-order valence-electron chi connectivity index (χ0n) is 11.0. The van der Waals surface area contributed by atoms with Crippen molar-refractivity contribution in [2.75, 3.05) is 6.61 Å². The molecule has 0 aromatic heterocycles. The standard InChI is InChI=1S/C12H19NO5/c1-8(2)10(4)13-17-7-9(3)18-12(16)6-5-11(14)15/h5-6,8-9H,7H2,1-4H3,(H,14,15)/b6-5-,13-10+. The molecule has 6 heteroatoms. The molecule has 0 amide bonds. The average molecular weight is 257 g/mol. The molecule has 0 aromatic rings. The van der Waals surface area contributed by atoms with Gasteiger partial charge < -0.3 is 14.7 Å². The summed E-state index contributed by atoms with van der Waals surface area (Å²) in [6.45, 7) is 7.57. The molecule has 0 radical (unpaired) electrons. The average Bonchev–Trinajstić information content (AvgIpc) is 2.25. The fourth-order valence-electron chi connectivity index (χ4n) is 0.760. The highest BCUT2D eigenvalue weighted by Gasteiger charge is 2.08. The van der Waals surface area contributed by atoms with Crippen LogP contribution in [-0.4, -0.2) is 35.5 Å². The lowest BCUT2D eigenvalue weighted by Crippen LogP contribution is -2.18. The number of esters is 1. The van der Waals surface area contributed by atoms with Crippen molar-refractivity contribution in [1.29, 1.82) is 0 Å². The Balaban J connectivity index is 3.98. The number of hydrogen-bond acceptors (Lipinski definition) is 5. The molecule has 6 nitrogen and oxygen atoms in total. The fraction of sp³-hybridized carbons (Fsp3) is 0.583. The summed E-state index contributed by atoms with van der Waals surface area (Å²) in [6, 6.07) is 0. The third-order valence-corrected chi connectivity index (χ3v) is 2.03. The number of carboxylic acid groups (broad SMARTS) is 1. The number of nitrogens with zero attached hydrogens (tertiary/aromatic N) is 1. The first-order valence-corrected chi connectivity index (χ1v) is 5.61. The van der Waals surface area contributed by atoms with Gasteiger partial charge in [0, 0.05) is 12.2 Å². The van der Waals surface area contributed by atoms with Gasteiger partial charge in [-0.05, 0) is 19.8 Å². The van der Waals surface area contributed by atoms with Crippen molar-refractivity contribution >= 4 is 17.7 Å².